The molecule has 2 bridgehead atoms. The Balaban J connectivity index is 1.55. The quantitative estimate of drug-likeness (QED) is 0.570. The summed E-state index contributed by atoms with van der Waals surface area (Å²) < 4.78 is 22.1. The SMILES string of the molecule is COc1cc(CNC(=O)c2ccc3c(c2)Cc2cccc(c2)C(=O)NCCOCCO3)cc(OC)c1. The minimum absolute atomic E-state index is 0.142. The molecule has 36 heavy (non-hydrogen) atoms. The summed E-state index contributed by atoms with van der Waals surface area (Å²) in [6.07, 6.45) is 0.505. The van der Waals surface area contributed by atoms with Crippen LogP contribution in [-0.4, -0.2) is 52.4 Å². The van der Waals surface area contributed by atoms with Gasteiger partial charge in [-0.15, -0.1) is 0 Å². The first-order valence-corrected chi connectivity index (χ1v) is 11.8. The van der Waals surface area contributed by atoms with Crippen molar-refractivity contribution in [1.82, 2.24) is 10.6 Å². The molecule has 2 amide bonds. The van der Waals surface area contributed by atoms with Crippen molar-refractivity contribution in [1.29, 1.82) is 0 Å². The van der Waals surface area contributed by atoms with Crippen LogP contribution in [-0.2, 0) is 17.7 Å². The molecule has 8 nitrogen and oxygen atoms in total. The van der Waals surface area contributed by atoms with Crippen LogP contribution in [0.4, 0.5) is 0 Å². The maximum atomic E-state index is 13.0. The van der Waals surface area contributed by atoms with Crippen molar-refractivity contribution in [3.63, 3.8) is 0 Å². The van der Waals surface area contributed by atoms with E-state index in [0.717, 1.165) is 16.7 Å². The topological polar surface area (TPSA) is 95.1 Å². The van der Waals surface area contributed by atoms with E-state index in [4.69, 9.17) is 18.9 Å². The lowest BCUT2D eigenvalue weighted by Crippen LogP contribution is -2.28. The second-order valence-corrected chi connectivity index (χ2v) is 8.32. The fraction of sp³-hybridized carbons (Fsp3) is 0.286. The number of nitrogens with one attached hydrogen (secondary N) is 2. The number of methoxy groups -OCH3 is 2. The van der Waals surface area contributed by atoms with Crippen molar-refractivity contribution in [3.8, 4) is 17.2 Å². The highest BCUT2D eigenvalue weighted by Gasteiger charge is 2.14. The van der Waals surface area contributed by atoms with E-state index in [9.17, 15) is 9.59 Å². The first kappa shape index (κ1) is 25.1. The Hall–Kier alpha value is -4.04. The van der Waals surface area contributed by atoms with E-state index in [2.05, 4.69) is 10.6 Å². The highest BCUT2D eigenvalue weighted by Crippen LogP contribution is 2.25. The van der Waals surface area contributed by atoms with E-state index in [0.29, 0.717) is 67.7 Å². The van der Waals surface area contributed by atoms with Gasteiger partial charge in [0, 0.05) is 36.7 Å². The second kappa shape index (κ2) is 12.1. The Bertz CT molecular complexity index is 1200. The van der Waals surface area contributed by atoms with Crippen LogP contribution in [0.2, 0.25) is 0 Å². The van der Waals surface area contributed by atoms with E-state index >= 15 is 0 Å². The Morgan fingerprint density at radius 1 is 0.972 bits per heavy atom. The van der Waals surface area contributed by atoms with Crippen molar-refractivity contribution in [3.05, 3.63) is 88.5 Å². The third kappa shape index (κ3) is 6.55. The normalized spacial score (nSPS) is 13.9. The zero-order chi connectivity index (χ0) is 25.3. The Labute approximate surface area is 210 Å². The fourth-order valence-electron chi connectivity index (χ4n) is 3.95. The molecule has 188 valence electrons. The van der Waals surface area contributed by atoms with Crippen LogP contribution >= 0.6 is 0 Å². The number of amides is 2. The van der Waals surface area contributed by atoms with Crippen LogP contribution in [0.25, 0.3) is 0 Å². The number of ether oxygens (including phenoxy) is 4. The molecule has 0 saturated heterocycles. The predicted octanol–water partition coefficient (Wildman–Crippen LogP) is 3.36. The number of hydrogen-bond donors (Lipinski definition) is 2. The summed E-state index contributed by atoms with van der Waals surface area (Å²) in [4.78, 5) is 25.5. The molecule has 1 heterocycles. The molecule has 2 N–H and O–H groups in total. The molecule has 1 aliphatic heterocycles. The average Bonchev–Trinajstić information content (AvgIpc) is 2.91. The van der Waals surface area contributed by atoms with Gasteiger partial charge in [-0.3, -0.25) is 9.59 Å². The molecule has 1 aliphatic rings. The van der Waals surface area contributed by atoms with Crippen LogP contribution in [0.3, 0.4) is 0 Å². The average molecular weight is 491 g/mol. The first-order chi connectivity index (χ1) is 17.6. The van der Waals surface area contributed by atoms with Gasteiger partial charge in [-0.2, -0.15) is 0 Å². The maximum Gasteiger partial charge on any atom is 0.251 e. The first-order valence-electron chi connectivity index (χ1n) is 11.8. The van der Waals surface area contributed by atoms with E-state index in [1.165, 1.54) is 0 Å². The molecule has 0 fully saturated rings. The van der Waals surface area contributed by atoms with Gasteiger partial charge in [0.2, 0.25) is 0 Å². The molecule has 8 heteroatoms. The van der Waals surface area contributed by atoms with Crippen LogP contribution < -0.4 is 24.8 Å². The van der Waals surface area contributed by atoms with E-state index in [1.54, 1.807) is 38.5 Å². The Kier molecular flexibility index (Phi) is 8.41. The van der Waals surface area contributed by atoms with Crippen LogP contribution in [0.1, 0.15) is 37.4 Å². The van der Waals surface area contributed by atoms with Crippen molar-refractivity contribution < 1.29 is 28.5 Å². The van der Waals surface area contributed by atoms with Crippen LogP contribution in [0, 0.1) is 0 Å². The predicted molar refractivity (Wildman–Crippen MR) is 135 cm³/mol. The molecule has 3 aromatic carbocycles. The number of carbonyl (C=O) groups excluding carboxylic acids is 2. The second-order valence-electron chi connectivity index (χ2n) is 8.32. The molecule has 0 aromatic heterocycles. The van der Waals surface area contributed by atoms with Gasteiger partial charge in [-0.1, -0.05) is 12.1 Å². The highest BCUT2D eigenvalue weighted by molar-refractivity contribution is 5.95. The molecular formula is C28H30N2O6. The lowest BCUT2D eigenvalue weighted by Gasteiger charge is -2.15. The van der Waals surface area contributed by atoms with Gasteiger partial charge >= 0.3 is 0 Å². The summed E-state index contributed by atoms with van der Waals surface area (Å²) in [5.74, 6) is 1.63. The minimum atomic E-state index is -0.213. The molecule has 4 rings (SSSR count). The van der Waals surface area contributed by atoms with Crippen molar-refractivity contribution in [2.24, 2.45) is 0 Å². The molecule has 3 aromatic rings. The lowest BCUT2D eigenvalue weighted by atomic mass is 9.99. The number of hydrogen-bond acceptors (Lipinski definition) is 6. The summed E-state index contributed by atoms with van der Waals surface area (Å²) in [5, 5.41) is 5.81. The van der Waals surface area contributed by atoms with Gasteiger partial charge in [0.05, 0.1) is 27.4 Å². The zero-order valence-corrected chi connectivity index (χ0v) is 20.5. The highest BCUT2D eigenvalue weighted by atomic mass is 16.5. The molecule has 0 unspecified atom stereocenters. The maximum absolute atomic E-state index is 13.0. The van der Waals surface area contributed by atoms with Gasteiger partial charge in [0.15, 0.2) is 0 Å². The molecule has 0 aliphatic carbocycles. The number of carbonyl (C=O) groups is 2. The number of fused-ring (bicyclic) bond motifs is 3. The Morgan fingerprint density at radius 3 is 2.56 bits per heavy atom. The minimum Gasteiger partial charge on any atom is -0.497 e. The van der Waals surface area contributed by atoms with Gasteiger partial charge in [-0.25, -0.2) is 0 Å². The van der Waals surface area contributed by atoms with Gasteiger partial charge in [0.25, 0.3) is 11.8 Å². The van der Waals surface area contributed by atoms with Crippen molar-refractivity contribution in [2.75, 3.05) is 40.6 Å². The van der Waals surface area contributed by atoms with Crippen LogP contribution in [0.15, 0.2) is 60.7 Å². The zero-order valence-electron chi connectivity index (χ0n) is 20.5. The third-order valence-corrected chi connectivity index (χ3v) is 5.79. The summed E-state index contributed by atoms with van der Waals surface area (Å²) in [7, 11) is 3.17. The van der Waals surface area contributed by atoms with E-state index < -0.39 is 0 Å². The molecule has 0 atom stereocenters. The van der Waals surface area contributed by atoms with Crippen LogP contribution in [0.5, 0.6) is 17.2 Å². The smallest absolute Gasteiger partial charge is 0.251 e. The van der Waals surface area contributed by atoms with Gasteiger partial charge in [0.1, 0.15) is 23.9 Å². The standard InChI is InChI=1S/C28H30N2O6/c1-33-24-14-20(15-25(17-24)34-2)18-30-28(32)22-6-7-26-23(16-22)13-19-4-3-5-21(12-19)27(31)29-8-9-35-10-11-36-26/h3-7,12,14-17H,8-11,13,18H2,1-2H3,(H,29,31)(H,30,32). The third-order valence-electron chi connectivity index (χ3n) is 5.79. The van der Waals surface area contributed by atoms with Gasteiger partial charge < -0.3 is 29.6 Å². The molecule has 0 saturated carbocycles. The summed E-state index contributed by atoms with van der Waals surface area (Å²) in [6.45, 7) is 1.91. The molecule has 0 spiro atoms. The largest absolute Gasteiger partial charge is 0.497 e. The van der Waals surface area contributed by atoms with E-state index in [-0.39, 0.29) is 11.8 Å². The summed E-state index contributed by atoms with van der Waals surface area (Å²) in [6, 6.07) is 18.3. The van der Waals surface area contributed by atoms with Crippen molar-refractivity contribution in [2.45, 2.75) is 13.0 Å². The Morgan fingerprint density at radius 2 is 1.78 bits per heavy atom. The number of rotatable bonds is 5. The summed E-state index contributed by atoms with van der Waals surface area (Å²) in [5.41, 5.74) is 3.74. The fourth-order valence-corrected chi connectivity index (χ4v) is 3.95. The summed E-state index contributed by atoms with van der Waals surface area (Å²) >= 11 is 0. The van der Waals surface area contributed by atoms with E-state index in [1.807, 2.05) is 36.4 Å². The molecular weight excluding hydrogens is 460 g/mol. The monoisotopic (exact) mass is 490 g/mol. The van der Waals surface area contributed by atoms with Gasteiger partial charge in [-0.05, 0) is 59.2 Å². The number of benzene rings is 3. The van der Waals surface area contributed by atoms with Crippen molar-refractivity contribution >= 4 is 11.8 Å². The molecule has 0 radical (unpaired) electrons. The lowest BCUT2D eigenvalue weighted by molar-refractivity contribution is 0.0865.